The molecule has 0 spiro atoms. The van der Waals surface area contributed by atoms with Gasteiger partial charge in [-0.25, -0.2) is 0 Å². The van der Waals surface area contributed by atoms with Crippen LogP contribution >= 0.6 is 27.3 Å². The maximum atomic E-state index is 11.9. The molecule has 0 aliphatic rings. The zero-order valence-electron chi connectivity index (χ0n) is 9.22. The van der Waals surface area contributed by atoms with Crippen molar-refractivity contribution in [3.05, 3.63) is 21.9 Å². The first-order chi connectivity index (χ1) is 8.09. The van der Waals surface area contributed by atoms with Gasteiger partial charge in [-0.05, 0) is 29.8 Å². The molecule has 0 saturated heterocycles. The number of anilines is 1. The molecular weight excluding hydrogens is 306 g/mol. The number of nitrogens with zero attached hydrogens (tertiary/aromatic N) is 4. The minimum atomic E-state index is -0.398. The number of hydrogen-bond acceptors (Lipinski definition) is 5. The predicted octanol–water partition coefficient (Wildman–Crippen LogP) is 2.01. The minimum absolute atomic E-state index is 0.166. The smallest absolute Gasteiger partial charge is 0.250 e. The Balaban J connectivity index is 2.12. The number of carbonyl (C=O) groups excluding carboxylic acids is 1. The topological polar surface area (TPSA) is 72.7 Å². The first kappa shape index (κ1) is 12.2. The van der Waals surface area contributed by atoms with Crippen LogP contribution in [0.3, 0.4) is 0 Å². The zero-order chi connectivity index (χ0) is 12.4. The van der Waals surface area contributed by atoms with E-state index in [0.717, 1.165) is 10.2 Å². The highest BCUT2D eigenvalue weighted by Gasteiger charge is 2.19. The van der Waals surface area contributed by atoms with Crippen LogP contribution in [0.5, 0.6) is 0 Å². The van der Waals surface area contributed by atoms with E-state index < -0.39 is 6.04 Å². The second-order valence-corrected chi connectivity index (χ2v) is 5.12. The molecule has 0 aliphatic carbocycles. The van der Waals surface area contributed by atoms with Gasteiger partial charge in [0.05, 0.1) is 16.4 Å². The summed E-state index contributed by atoms with van der Waals surface area (Å²) in [6, 6.07) is -0.398. The molecule has 0 bridgehead atoms. The van der Waals surface area contributed by atoms with Crippen LogP contribution in [-0.4, -0.2) is 25.9 Å². The average molecular weight is 316 g/mol. The molecule has 0 saturated carbocycles. The van der Waals surface area contributed by atoms with Gasteiger partial charge >= 0.3 is 0 Å². The van der Waals surface area contributed by atoms with Gasteiger partial charge in [-0.1, -0.05) is 11.3 Å². The SMILES string of the molecule is Cc1c(Br)cnn1C(C)C(=O)Nc1nncs1. The molecule has 1 unspecified atom stereocenters. The molecule has 0 fully saturated rings. The standard InChI is InChI=1S/C9H10BrN5OS/c1-5-7(10)3-12-15(5)6(2)8(16)13-9-14-11-4-17-9/h3-4,6H,1-2H3,(H,13,14,16). The van der Waals surface area contributed by atoms with E-state index in [1.54, 1.807) is 23.3 Å². The molecule has 0 aromatic carbocycles. The second-order valence-electron chi connectivity index (χ2n) is 3.43. The number of halogens is 1. The van der Waals surface area contributed by atoms with Crippen molar-refractivity contribution in [1.29, 1.82) is 0 Å². The Morgan fingerprint density at radius 3 is 2.94 bits per heavy atom. The second kappa shape index (κ2) is 4.92. The van der Waals surface area contributed by atoms with Crippen LogP contribution in [-0.2, 0) is 4.79 Å². The molecule has 2 aromatic heterocycles. The van der Waals surface area contributed by atoms with E-state index in [0.29, 0.717) is 5.13 Å². The number of amides is 1. The fourth-order valence-electron chi connectivity index (χ4n) is 1.34. The van der Waals surface area contributed by atoms with Crippen molar-refractivity contribution in [2.75, 3.05) is 5.32 Å². The van der Waals surface area contributed by atoms with Crippen LogP contribution < -0.4 is 5.32 Å². The van der Waals surface area contributed by atoms with Crippen molar-refractivity contribution in [3.8, 4) is 0 Å². The van der Waals surface area contributed by atoms with E-state index in [1.807, 2.05) is 6.92 Å². The average Bonchev–Trinajstić information content (AvgIpc) is 2.90. The minimum Gasteiger partial charge on any atom is -0.299 e. The van der Waals surface area contributed by atoms with Gasteiger partial charge in [-0.2, -0.15) is 5.10 Å². The van der Waals surface area contributed by atoms with Crippen molar-refractivity contribution in [1.82, 2.24) is 20.0 Å². The van der Waals surface area contributed by atoms with Gasteiger partial charge in [0.25, 0.3) is 5.91 Å². The summed E-state index contributed by atoms with van der Waals surface area (Å²) in [4.78, 5) is 11.9. The van der Waals surface area contributed by atoms with Crippen molar-refractivity contribution >= 4 is 38.3 Å². The van der Waals surface area contributed by atoms with Gasteiger partial charge in [-0.3, -0.25) is 14.8 Å². The highest BCUT2D eigenvalue weighted by molar-refractivity contribution is 9.10. The molecule has 0 radical (unpaired) electrons. The maximum Gasteiger partial charge on any atom is 0.250 e. The Morgan fingerprint density at radius 1 is 1.65 bits per heavy atom. The highest BCUT2D eigenvalue weighted by atomic mass is 79.9. The first-order valence-electron chi connectivity index (χ1n) is 4.86. The summed E-state index contributed by atoms with van der Waals surface area (Å²) >= 11 is 4.64. The van der Waals surface area contributed by atoms with E-state index in [4.69, 9.17) is 0 Å². The summed E-state index contributed by atoms with van der Waals surface area (Å²) in [5, 5.41) is 14.7. The third-order valence-electron chi connectivity index (χ3n) is 2.32. The third-order valence-corrected chi connectivity index (χ3v) is 3.71. The summed E-state index contributed by atoms with van der Waals surface area (Å²) in [6.07, 6.45) is 1.67. The van der Waals surface area contributed by atoms with Crippen LogP contribution in [0.15, 0.2) is 16.2 Å². The Bertz CT molecular complexity index is 523. The Morgan fingerprint density at radius 2 is 2.41 bits per heavy atom. The van der Waals surface area contributed by atoms with E-state index >= 15 is 0 Å². The fourth-order valence-corrected chi connectivity index (χ4v) is 2.06. The van der Waals surface area contributed by atoms with Crippen LogP contribution in [0.4, 0.5) is 5.13 Å². The van der Waals surface area contributed by atoms with Gasteiger partial charge in [0.1, 0.15) is 11.6 Å². The predicted molar refractivity (Wildman–Crippen MR) is 67.9 cm³/mol. The quantitative estimate of drug-likeness (QED) is 0.940. The molecule has 2 heterocycles. The van der Waals surface area contributed by atoms with Crippen LogP contribution in [0.1, 0.15) is 18.7 Å². The summed E-state index contributed by atoms with van der Waals surface area (Å²) in [5.41, 5.74) is 2.47. The molecule has 1 amide bonds. The first-order valence-corrected chi connectivity index (χ1v) is 6.53. The summed E-state index contributed by atoms with van der Waals surface area (Å²) < 4.78 is 2.54. The molecule has 1 N–H and O–H groups in total. The lowest BCUT2D eigenvalue weighted by Crippen LogP contribution is -2.25. The van der Waals surface area contributed by atoms with Crippen molar-refractivity contribution < 1.29 is 4.79 Å². The van der Waals surface area contributed by atoms with Gasteiger partial charge in [0.2, 0.25) is 5.13 Å². The summed E-state index contributed by atoms with van der Waals surface area (Å²) in [6.45, 7) is 3.68. The van der Waals surface area contributed by atoms with E-state index in [-0.39, 0.29) is 5.91 Å². The molecule has 17 heavy (non-hydrogen) atoms. The molecular formula is C9H10BrN5OS. The van der Waals surface area contributed by atoms with Crippen molar-refractivity contribution in [2.24, 2.45) is 0 Å². The lowest BCUT2D eigenvalue weighted by molar-refractivity contribution is -0.119. The van der Waals surface area contributed by atoms with Crippen LogP contribution in [0, 0.1) is 6.92 Å². The monoisotopic (exact) mass is 315 g/mol. The van der Waals surface area contributed by atoms with Gasteiger partial charge < -0.3 is 0 Å². The Kier molecular flexibility index (Phi) is 3.53. The number of rotatable bonds is 3. The van der Waals surface area contributed by atoms with E-state index in [9.17, 15) is 4.79 Å². The van der Waals surface area contributed by atoms with Gasteiger partial charge in [-0.15, -0.1) is 10.2 Å². The maximum absolute atomic E-state index is 11.9. The largest absolute Gasteiger partial charge is 0.299 e. The Labute approximate surface area is 110 Å². The molecule has 2 rings (SSSR count). The van der Waals surface area contributed by atoms with E-state index in [1.165, 1.54) is 11.3 Å². The molecule has 8 heteroatoms. The third kappa shape index (κ3) is 2.52. The number of carbonyl (C=O) groups is 1. The van der Waals surface area contributed by atoms with Crippen LogP contribution in [0.25, 0.3) is 0 Å². The van der Waals surface area contributed by atoms with Crippen molar-refractivity contribution in [3.63, 3.8) is 0 Å². The zero-order valence-corrected chi connectivity index (χ0v) is 11.6. The normalized spacial score (nSPS) is 12.4. The Hall–Kier alpha value is -1.28. The molecule has 1 atom stereocenters. The van der Waals surface area contributed by atoms with Crippen molar-refractivity contribution in [2.45, 2.75) is 19.9 Å². The highest BCUT2D eigenvalue weighted by Crippen LogP contribution is 2.19. The molecule has 0 aliphatic heterocycles. The fraction of sp³-hybridized carbons (Fsp3) is 0.333. The number of hydrogen-bond donors (Lipinski definition) is 1. The lowest BCUT2D eigenvalue weighted by atomic mass is 10.3. The molecule has 6 nitrogen and oxygen atoms in total. The molecule has 2 aromatic rings. The van der Waals surface area contributed by atoms with Gasteiger partial charge in [0, 0.05) is 0 Å². The van der Waals surface area contributed by atoms with E-state index in [2.05, 4.69) is 36.5 Å². The lowest BCUT2D eigenvalue weighted by Gasteiger charge is -2.12. The molecule has 90 valence electrons. The number of aromatic nitrogens is 4. The number of nitrogens with one attached hydrogen (secondary N) is 1. The van der Waals surface area contributed by atoms with Gasteiger partial charge in [0.15, 0.2) is 0 Å². The summed E-state index contributed by atoms with van der Waals surface area (Å²) in [5.74, 6) is -0.166. The van der Waals surface area contributed by atoms with Crippen LogP contribution in [0.2, 0.25) is 0 Å². The summed E-state index contributed by atoms with van der Waals surface area (Å²) in [7, 11) is 0.